The molecule has 0 aromatic rings. The van der Waals surface area contributed by atoms with Crippen molar-refractivity contribution >= 4 is 5.97 Å². The second-order valence-electron chi connectivity index (χ2n) is 5.78. The van der Waals surface area contributed by atoms with E-state index in [9.17, 15) is 20.1 Å². The van der Waals surface area contributed by atoms with Crippen molar-refractivity contribution in [3.05, 3.63) is 22.7 Å². The molecule has 0 radical (unpaired) electrons. The molecule has 5 heteroatoms. The molecule has 106 valence electrons. The zero-order valence-electron chi connectivity index (χ0n) is 11.3. The minimum atomic E-state index is -1.21. The van der Waals surface area contributed by atoms with Crippen molar-refractivity contribution in [1.82, 2.24) is 0 Å². The van der Waals surface area contributed by atoms with Crippen LogP contribution in [0, 0.1) is 0 Å². The Morgan fingerprint density at radius 3 is 2.63 bits per heavy atom. The summed E-state index contributed by atoms with van der Waals surface area (Å²) in [6.45, 7) is 3.07. The summed E-state index contributed by atoms with van der Waals surface area (Å²) in [4.78, 5) is 11.2. The number of hydrogen-bond donors (Lipinski definition) is 3. The van der Waals surface area contributed by atoms with Crippen LogP contribution in [0.4, 0.5) is 0 Å². The number of aliphatic hydroxyl groups is 3. The van der Waals surface area contributed by atoms with Gasteiger partial charge in [0, 0.05) is 12.8 Å². The van der Waals surface area contributed by atoms with Crippen LogP contribution < -0.4 is 0 Å². The summed E-state index contributed by atoms with van der Waals surface area (Å²) in [5.41, 5.74) is 0.516. The molecule has 0 aromatic heterocycles. The van der Waals surface area contributed by atoms with Gasteiger partial charge in [0.1, 0.15) is 5.76 Å². The van der Waals surface area contributed by atoms with Gasteiger partial charge in [0.05, 0.1) is 23.9 Å². The van der Waals surface area contributed by atoms with E-state index < -0.39 is 11.7 Å². The van der Waals surface area contributed by atoms with Gasteiger partial charge in [-0.05, 0) is 37.8 Å². The summed E-state index contributed by atoms with van der Waals surface area (Å²) in [6, 6.07) is 0. The van der Waals surface area contributed by atoms with Gasteiger partial charge < -0.3 is 20.1 Å². The summed E-state index contributed by atoms with van der Waals surface area (Å²) in [6.07, 6.45) is 0.999. The standard InChI is InChI=1S/C14H20O5/c1-14(2,18)12(16)6-9-5-8-3-4-13(17)19-11(8)7-10(9)15/h12,15-16,18H,3-7H2,1-2H3. The normalized spacial score (nSPS) is 22.2. The second-order valence-corrected chi connectivity index (χ2v) is 5.78. The van der Waals surface area contributed by atoms with Crippen molar-refractivity contribution < 1.29 is 24.9 Å². The first kappa shape index (κ1) is 14.1. The Balaban J connectivity index is 2.08. The third kappa shape index (κ3) is 3.16. The van der Waals surface area contributed by atoms with E-state index in [0.717, 1.165) is 5.57 Å². The monoisotopic (exact) mass is 268 g/mol. The maximum absolute atomic E-state index is 11.2. The van der Waals surface area contributed by atoms with E-state index in [1.807, 2.05) is 0 Å². The quantitative estimate of drug-likeness (QED) is 0.678. The zero-order valence-corrected chi connectivity index (χ0v) is 11.3. The summed E-state index contributed by atoms with van der Waals surface area (Å²) >= 11 is 0. The van der Waals surface area contributed by atoms with E-state index in [4.69, 9.17) is 4.74 Å². The molecule has 1 aliphatic heterocycles. The van der Waals surface area contributed by atoms with Crippen LogP contribution in [0.25, 0.3) is 0 Å². The lowest BCUT2D eigenvalue weighted by Gasteiger charge is -2.29. The van der Waals surface area contributed by atoms with E-state index in [1.165, 1.54) is 13.8 Å². The summed E-state index contributed by atoms with van der Waals surface area (Å²) in [7, 11) is 0. The molecule has 0 amide bonds. The lowest BCUT2D eigenvalue weighted by molar-refractivity contribution is -0.141. The average molecular weight is 268 g/mol. The SMILES string of the molecule is CC(C)(O)C(O)CC1=C(O)CC2=C(CCC(=O)O2)C1. The lowest BCUT2D eigenvalue weighted by Crippen LogP contribution is -2.36. The van der Waals surface area contributed by atoms with E-state index in [0.29, 0.717) is 30.6 Å². The smallest absolute Gasteiger partial charge is 0.311 e. The molecule has 19 heavy (non-hydrogen) atoms. The predicted octanol–water partition coefficient (Wildman–Crippen LogP) is 1.71. The number of allylic oxidation sites excluding steroid dienone is 1. The summed E-state index contributed by atoms with van der Waals surface area (Å²) in [5.74, 6) is 0.429. The van der Waals surface area contributed by atoms with Gasteiger partial charge in [0.15, 0.2) is 0 Å². The van der Waals surface area contributed by atoms with Gasteiger partial charge in [-0.25, -0.2) is 0 Å². The number of esters is 1. The Morgan fingerprint density at radius 2 is 2.00 bits per heavy atom. The number of carbonyl (C=O) groups is 1. The molecule has 1 atom stereocenters. The molecule has 1 heterocycles. The fourth-order valence-electron chi connectivity index (χ4n) is 2.31. The molecule has 1 unspecified atom stereocenters. The van der Waals surface area contributed by atoms with Gasteiger partial charge in [-0.2, -0.15) is 0 Å². The van der Waals surface area contributed by atoms with Crippen molar-refractivity contribution in [2.75, 3.05) is 0 Å². The van der Waals surface area contributed by atoms with Crippen molar-refractivity contribution in [3.8, 4) is 0 Å². The van der Waals surface area contributed by atoms with Gasteiger partial charge in [0.25, 0.3) is 0 Å². The maximum atomic E-state index is 11.2. The lowest BCUT2D eigenvalue weighted by atomic mass is 9.85. The van der Waals surface area contributed by atoms with Crippen LogP contribution in [0.1, 0.15) is 46.0 Å². The molecule has 3 N–H and O–H groups in total. The molecule has 5 nitrogen and oxygen atoms in total. The highest BCUT2D eigenvalue weighted by Gasteiger charge is 2.31. The van der Waals surface area contributed by atoms with E-state index in [-0.39, 0.29) is 24.6 Å². The summed E-state index contributed by atoms with van der Waals surface area (Å²) in [5, 5.41) is 29.6. The minimum Gasteiger partial charge on any atom is -0.512 e. The van der Waals surface area contributed by atoms with Crippen molar-refractivity contribution in [2.24, 2.45) is 0 Å². The first-order chi connectivity index (χ1) is 8.77. The Labute approximate surface area is 112 Å². The van der Waals surface area contributed by atoms with Gasteiger partial charge in [-0.15, -0.1) is 0 Å². The minimum absolute atomic E-state index is 0.136. The highest BCUT2D eigenvalue weighted by Crippen LogP contribution is 2.37. The number of rotatable bonds is 3. The highest BCUT2D eigenvalue weighted by molar-refractivity contribution is 5.72. The van der Waals surface area contributed by atoms with Crippen LogP contribution in [0.15, 0.2) is 22.7 Å². The molecule has 0 fully saturated rings. The Bertz CT molecular complexity index is 453. The van der Waals surface area contributed by atoms with Crippen molar-refractivity contribution in [2.45, 2.75) is 57.7 Å². The average Bonchev–Trinajstić information content (AvgIpc) is 2.29. The van der Waals surface area contributed by atoms with Crippen LogP contribution in [0.2, 0.25) is 0 Å². The van der Waals surface area contributed by atoms with Crippen LogP contribution in [-0.4, -0.2) is 33.0 Å². The van der Waals surface area contributed by atoms with Gasteiger partial charge >= 0.3 is 5.97 Å². The van der Waals surface area contributed by atoms with E-state index >= 15 is 0 Å². The molecule has 0 spiro atoms. The molecule has 2 rings (SSSR count). The first-order valence-electron chi connectivity index (χ1n) is 6.49. The third-order valence-electron chi connectivity index (χ3n) is 3.68. The van der Waals surface area contributed by atoms with Crippen molar-refractivity contribution in [3.63, 3.8) is 0 Å². The third-order valence-corrected chi connectivity index (χ3v) is 3.68. The van der Waals surface area contributed by atoms with E-state index in [2.05, 4.69) is 0 Å². The van der Waals surface area contributed by atoms with Crippen molar-refractivity contribution in [1.29, 1.82) is 0 Å². The number of ether oxygens (including phenoxy) is 1. The second kappa shape index (κ2) is 4.98. The Hall–Kier alpha value is -1.33. The zero-order chi connectivity index (χ0) is 14.2. The molecule has 0 saturated carbocycles. The summed E-state index contributed by atoms with van der Waals surface area (Å²) < 4.78 is 5.12. The predicted molar refractivity (Wildman–Crippen MR) is 68.2 cm³/mol. The molecule has 0 aromatic carbocycles. The highest BCUT2D eigenvalue weighted by atomic mass is 16.5. The Morgan fingerprint density at radius 1 is 1.32 bits per heavy atom. The van der Waals surface area contributed by atoms with Crippen LogP contribution >= 0.6 is 0 Å². The first-order valence-corrected chi connectivity index (χ1v) is 6.49. The van der Waals surface area contributed by atoms with Crippen LogP contribution in [0.5, 0.6) is 0 Å². The van der Waals surface area contributed by atoms with Crippen LogP contribution in [0.3, 0.4) is 0 Å². The van der Waals surface area contributed by atoms with Gasteiger partial charge in [0.2, 0.25) is 0 Å². The molecule has 1 aliphatic carbocycles. The number of carbonyl (C=O) groups excluding carboxylic acids is 1. The van der Waals surface area contributed by atoms with Gasteiger partial charge in [-0.1, -0.05) is 0 Å². The molecule has 2 aliphatic rings. The van der Waals surface area contributed by atoms with Gasteiger partial charge in [-0.3, -0.25) is 4.79 Å². The van der Waals surface area contributed by atoms with E-state index in [1.54, 1.807) is 0 Å². The maximum Gasteiger partial charge on any atom is 0.311 e. The molecular formula is C14H20O5. The number of hydrogen-bond acceptors (Lipinski definition) is 5. The molecule has 0 saturated heterocycles. The largest absolute Gasteiger partial charge is 0.512 e. The molecule has 0 bridgehead atoms. The fourth-order valence-corrected chi connectivity index (χ4v) is 2.31. The Kier molecular flexibility index (Phi) is 3.69. The molecular weight excluding hydrogens is 248 g/mol. The van der Waals surface area contributed by atoms with Crippen LogP contribution in [-0.2, 0) is 9.53 Å². The number of aliphatic hydroxyl groups excluding tert-OH is 2. The fraction of sp³-hybridized carbons (Fsp3) is 0.643. The topological polar surface area (TPSA) is 87.0 Å².